The zero-order valence-electron chi connectivity index (χ0n) is 24.9. The minimum absolute atomic E-state index is 0.0459. The number of carbonyl (C=O) groups is 1. The summed E-state index contributed by atoms with van der Waals surface area (Å²) in [6.45, 7) is 14.5. The molecule has 0 aromatic carbocycles. The van der Waals surface area contributed by atoms with E-state index in [2.05, 4.69) is 41.5 Å². The van der Waals surface area contributed by atoms with Crippen LogP contribution in [0.15, 0.2) is 0 Å². The first-order valence-electron chi connectivity index (χ1n) is 15.7. The van der Waals surface area contributed by atoms with Crippen LogP contribution in [-0.2, 0) is 9.63 Å². The van der Waals surface area contributed by atoms with Gasteiger partial charge >= 0.3 is 5.97 Å². The lowest BCUT2D eigenvalue weighted by Gasteiger charge is -2.54. The van der Waals surface area contributed by atoms with E-state index in [-0.39, 0.29) is 16.9 Å². The lowest BCUT2D eigenvalue weighted by molar-refractivity contribution is -0.256. The summed E-state index contributed by atoms with van der Waals surface area (Å²) in [6.07, 6.45) is 27.7. The molecule has 1 fully saturated rings. The number of carbonyl (C=O) groups excluding carboxylic acids is 1. The van der Waals surface area contributed by atoms with Crippen molar-refractivity contribution < 1.29 is 9.63 Å². The number of piperidine rings is 1. The van der Waals surface area contributed by atoms with E-state index in [1.807, 2.05) is 5.06 Å². The molecule has 1 unspecified atom stereocenters. The van der Waals surface area contributed by atoms with Crippen LogP contribution in [0, 0.1) is 11.3 Å². The van der Waals surface area contributed by atoms with Crippen molar-refractivity contribution in [3.8, 4) is 0 Å². The molecule has 1 heterocycles. The third-order valence-corrected chi connectivity index (χ3v) is 9.39. The van der Waals surface area contributed by atoms with Crippen LogP contribution in [0.4, 0.5) is 0 Å². The predicted octanol–water partition coefficient (Wildman–Crippen LogP) is 10.4. The Morgan fingerprint density at radius 2 is 1.06 bits per heavy atom. The average Bonchev–Trinajstić information content (AvgIpc) is 2.81. The SMILES string of the molecule is CCCCCCCCCCCCCCCCCCCCCC(=O)ON1CCC(C)C(C)(C)C1(C)C. The summed E-state index contributed by atoms with van der Waals surface area (Å²) >= 11 is 0. The van der Waals surface area contributed by atoms with Crippen molar-refractivity contribution in [2.75, 3.05) is 6.54 Å². The zero-order valence-corrected chi connectivity index (χ0v) is 24.9. The molecular weight excluding hydrogens is 430 g/mol. The van der Waals surface area contributed by atoms with Crippen LogP contribution < -0.4 is 0 Å². The fourth-order valence-corrected chi connectivity index (χ4v) is 5.55. The quantitative estimate of drug-likeness (QED) is 0.149. The molecule has 1 rings (SSSR count). The Morgan fingerprint density at radius 1 is 0.686 bits per heavy atom. The van der Waals surface area contributed by atoms with E-state index in [0.29, 0.717) is 12.3 Å². The normalized spacial score (nSPS) is 19.7. The number of nitrogens with zero attached hydrogens (tertiary/aromatic N) is 1. The Bertz CT molecular complexity index is 528. The van der Waals surface area contributed by atoms with E-state index in [9.17, 15) is 4.79 Å². The van der Waals surface area contributed by atoms with E-state index in [1.165, 1.54) is 109 Å². The molecule has 0 saturated carbocycles. The minimum atomic E-state index is -0.131. The summed E-state index contributed by atoms with van der Waals surface area (Å²) in [5.74, 6) is 0.586. The fraction of sp³-hybridized carbons (Fsp3) is 0.969. The first kappa shape index (κ1) is 32.5. The van der Waals surface area contributed by atoms with Gasteiger partial charge in [0.1, 0.15) is 0 Å². The smallest absolute Gasteiger partial charge is 0.325 e. The number of hydroxylamine groups is 2. The second kappa shape index (κ2) is 18.6. The van der Waals surface area contributed by atoms with Crippen LogP contribution in [0.2, 0.25) is 0 Å². The standard InChI is InChI=1S/C32H63NO2/c1-7-8-9-10-11-12-13-14-15-16-17-18-19-20-21-22-23-24-25-26-30(34)35-33-28-27-29(2)31(3,4)32(33,5)6/h29H,7-28H2,1-6H3. The highest BCUT2D eigenvalue weighted by atomic mass is 16.7. The highest BCUT2D eigenvalue weighted by molar-refractivity contribution is 5.69. The molecule has 0 spiro atoms. The first-order valence-corrected chi connectivity index (χ1v) is 15.7. The minimum Gasteiger partial charge on any atom is -0.367 e. The fourth-order valence-electron chi connectivity index (χ4n) is 5.55. The molecule has 0 amide bonds. The van der Waals surface area contributed by atoms with Crippen LogP contribution in [0.1, 0.15) is 176 Å². The summed E-state index contributed by atoms with van der Waals surface area (Å²) < 4.78 is 0. The molecule has 0 radical (unpaired) electrons. The van der Waals surface area contributed by atoms with E-state index in [4.69, 9.17) is 4.84 Å². The van der Waals surface area contributed by atoms with Crippen molar-refractivity contribution in [1.29, 1.82) is 0 Å². The number of hydrogen-bond donors (Lipinski definition) is 0. The second-order valence-electron chi connectivity index (χ2n) is 12.6. The molecule has 0 aliphatic carbocycles. The van der Waals surface area contributed by atoms with E-state index in [0.717, 1.165) is 25.8 Å². The third kappa shape index (κ3) is 13.0. The Balaban J connectivity index is 1.88. The molecular formula is C32H63NO2. The van der Waals surface area contributed by atoms with E-state index in [1.54, 1.807) is 0 Å². The molecule has 0 aromatic rings. The van der Waals surface area contributed by atoms with Gasteiger partial charge in [0, 0.05) is 13.0 Å². The van der Waals surface area contributed by atoms with Gasteiger partial charge in [-0.3, -0.25) is 4.79 Å². The molecule has 0 aromatic heterocycles. The molecule has 1 saturated heterocycles. The average molecular weight is 494 g/mol. The number of rotatable bonds is 21. The van der Waals surface area contributed by atoms with Crippen molar-refractivity contribution in [2.24, 2.45) is 11.3 Å². The molecule has 0 bridgehead atoms. The summed E-state index contributed by atoms with van der Waals surface area (Å²) in [4.78, 5) is 18.2. The molecule has 1 atom stereocenters. The van der Waals surface area contributed by atoms with Gasteiger partial charge in [0.15, 0.2) is 0 Å². The van der Waals surface area contributed by atoms with Crippen molar-refractivity contribution in [1.82, 2.24) is 5.06 Å². The Morgan fingerprint density at radius 3 is 1.46 bits per heavy atom. The molecule has 3 nitrogen and oxygen atoms in total. The second-order valence-corrected chi connectivity index (χ2v) is 12.6. The van der Waals surface area contributed by atoms with Crippen molar-refractivity contribution >= 4 is 5.97 Å². The van der Waals surface area contributed by atoms with Gasteiger partial charge < -0.3 is 4.84 Å². The highest BCUT2D eigenvalue weighted by Gasteiger charge is 2.50. The topological polar surface area (TPSA) is 29.5 Å². The van der Waals surface area contributed by atoms with Gasteiger partial charge in [0.2, 0.25) is 0 Å². The molecule has 1 aliphatic heterocycles. The maximum atomic E-state index is 12.4. The van der Waals surface area contributed by atoms with E-state index >= 15 is 0 Å². The summed E-state index contributed by atoms with van der Waals surface area (Å²) in [5.41, 5.74) is -0.00729. The molecule has 35 heavy (non-hydrogen) atoms. The first-order chi connectivity index (χ1) is 16.7. The van der Waals surface area contributed by atoms with Gasteiger partial charge in [0.05, 0.1) is 5.54 Å². The summed E-state index contributed by atoms with van der Waals surface area (Å²) in [6, 6.07) is 0. The van der Waals surface area contributed by atoms with Gasteiger partial charge in [-0.2, -0.15) is 0 Å². The molecule has 1 aliphatic rings. The van der Waals surface area contributed by atoms with Gasteiger partial charge in [-0.1, -0.05) is 143 Å². The van der Waals surface area contributed by atoms with Crippen molar-refractivity contribution in [2.45, 2.75) is 182 Å². The maximum absolute atomic E-state index is 12.4. The number of hydrogen-bond acceptors (Lipinski definition) is 3. The van der Waals surface area contributed by atoms with Crippen LogP contribution >= 0.6 is 0 Å². The van der Waals surface area contributed by atoms with Gasteiger partial charge in [0.25, 0.3) is 0 Å². The zero-order chi connectivity index (χ0) is 26.0. The van der Waals surface area contributed by atoms with E-state index < -0.39 is 0 Å². The van der Waals surface area contributed by atoms with Crippen LogP contribution in [0.25, 0.3) is 0 Å². The third-order valence-electron chi connectivity index (χ3n) is 9.39. The van der Waals surface area contributed by atoms with Crippen LogP contribution in [-0.4, -0.2) is 23.1 Å². The summed E-state index contributed by atoms with van der Waals surface area (Å²) in [7, 11) is 0. The Kier molecular flexibility index (Phi) is 17.3. The molecule has 208 valence electrons. The monoisotopic (exact) mass is 493 g/mol. The highest BCUT2D eigenvalue weighted by Crippen LogP contribution is 2.47. The maximum Gasteiger partial charge on any atom is 0.325 e. The van der Waals surface area contributed by atoms with Crippen molar-refractivity contribution in [3.63, 3.8) is 0 Å². The Hall–Kier alpha value is -0.570. The van der Waals surface area contributed by atoms with Gasteiger partial charge in [-0.15, -0.1) is 5.06 Å². The van der Waals surface area contributed by atoms with Crippen LogP contribution in [0.5, 0.6) is 0 Å². The van der Waals surface area contributed by atoms with Gasteiger partial charge in [-0.25, -0.2) is 0 Å². The summed E-state index contributed by atoms with van der Waals surface area (Å²) in [5, 5.41) is 1.96. The predicted molar refractivity (Wildman–Crippen MR) is 152 cm³/mol. The van der Waals surface area contributed by atoms with Crippen molar-refractivity contribution in [3.05, 3.63) is 0 Å². The lowest BCUT2D eigenvalue weighted by Crippen LogP contribution is -2.60. The Labute approximate surface area is 220 Å². The van der Waals surface area contributed by atoms with Gasteiger partial charge in [-0.05, 0) is 38.0 Å². The lowest BCUT2D eigenvalue weighted by atomic mass is 9.63. The van der Waals surface area contributed by atoms with Crippen LogP contribution in [0.3, 0.4) is 0 Å². The largest absolute Gasteiger partial charge is 0.367 e. The molecule has 0 N–H and O–H groups in total. The molecule has 3 heteroatoms. The number of unbranched alkanes of at least 4 members (excludes halogenated alkanes) is 18.